The fourth-order valence-corrected chi connectivity index (χ4v) is 4.58. The molecule has 1 unspecified atom stereocenters. The number of nitrogens with one attached hydrogen (secondary N) is 1. The highest BCUT2D eigenvalue weighted by molar-refractivity contribution is 7.89. The number of hydrogen-bond acceptors (Lipinski definition) is 4. The molecular formula is C19H23FN2O3S. The molecule has 0 spiro atoms. The molecule has 0 saturated carbocycles. The normalized spacial score (nSPS) is 17.5. The first kappa shape index (κ1) is 18.7. The summed E-state index contributed by atoms with van der Waals surface area (Å²) in [7, 11) is -2.02. The molecule has 2 aromatic rings. The Morgan fingerprint density at radius 3 is 2.62 bits per heavy atom. The summed E-state index contributed by atoms with van der Waals surface area (Å²) in [5.41, 5.74) is 1.61. The number of aryl methyl sites for hydroxylation is 1. The Morgan fingerprint density at radius 1 is 1.23 bits per heavy atom. The van der Waals surface area contributed by atoms with Crippen molar-refractivity contribution in [3.63, 3.8) is 0 Å². The molecule has 7 heteroatoms. The molecule has 0 bridgehead atoms. The van der Waals surface area contributed by atoms with Gasteiger partial charge in [0.1, 0.15) is 11.6 Å². The standard InChI is InChI=1S/C19H23FN2O3S/c1-14-11-18(25-2)7-8-19(14)26(23,24)21-12-15-9-10-22(13-15)17-5-3-16(20)4-6-17/h3-8,11,15,21H,9-10,12-13H2,1-2H3. The van der Waals surface area contributed by atoms with E-state index in [-0.39, 0.29) is 16.6 Å². The molecule has 0 aromatic heterocycles. The lowest BCUT2D eigenvalue weighted by Crippen LogP contribution is -2.31. The monoisotopic (exact) mass is 378 g/mol. The van der Waals surface area contributed by atoms with Crippen LogP contribution in [0.15, 0.2) is 47.4 Å². The van der Waals surface area contributed by atoms with E-state index in [0.29, 0.717) is 17.9 Å². The molecule has 140 valence electrons. The third kappa shape index (κ3) is 4.16. The number of rotatable bonds is 6. The molecule has 0 aliphatic carbocycles. The average molecular weight is 378 g/mol. The maximum absolute atomic E-state index is 13.0. The van der Waals surface area contributed by atoms with Crippen LogP contribution in [0.1, 0.15) is 12.0 Å². The first-order chi connectivity index (χ1) is 12.4. The van der Waals surface area contributed by atoms with Crippen molar-refractivity contribution in [2.45, 2.75) is 18.2 Å². The second-order valence-corrected chi connectivity index (χ2v) is 8.30. The van der Waals surface area contributed by atoms with Gasteiger partial charge in [-0.1, -0.05) is 0 Å². The topological polar surface area (TPSA) is 58.6 Å². The second-order valence-electron chi connectivity index (χ2n) is 6.56. The van der Waals surface area contributed by atoms with E-state index < -0.39 is 10.0 Å². The lowest BCUT2D eigenvalue weighted by atomic mass is 10.1. The van der Waals surface area contributed by atoms with Gasteiger partial charge < -0.3 is 9.64 Å². The summed E-state index contributed by atoms with van der Waals surface area (Å²) in [5, 5.41) is 0. The fraction of sp³-hybridized carbons (Fsp3) is 0.368. The Bertz CT molecular complexity index is 869. The zero-order valence-electron chi connectivity index (χ0n) is 14.9. The first-order valence-corrected chi connectivity index (χ1v) is 10.0. The Balaban J connectivity index is 1.61. The van der Waals surface area contributed by atoms with Crippen LogP contribution in [0, 0.1) is 18.7 Å². The highest BCUT2D eigenvalue weighted by Crippen LogP contribution is 2.25. The summed E-state index contributed by atoms with van der Waals surface area (Å²) < 4.78 is 46.1. The van der Waals surface area contributed by atoms with Crippen LogP contribution in [0.25, 0.3) is 0 Å². The quantitative estimate of drug-likeness (QED) is 0.840. The maximum atomic E-state index is 13.0. The van der Waals surface area contributed by atoms with Gasteiger partial charge in [0, 0.05) is 25.3 Å². The number of sulfonamides is 1. The molecule has 1 saturated heterocycles. The van der Waals surface area contributed by atoms with E-state index in [1.165, 1.54) is 12.1 Å². The molecule has 5 nitrogen and oxygen atoms in total. The Morgan fingerprint density at radius 2 is 1.96 bits per heavy atom. The molecule has 1 heterocycles. The predicted octanol–water partition coefficient (Wildman–Crippen LogP) is 2.95. The van der Waals surface area contributed by atoms with Gasteiger partial charge in [0.2, 0.25) is 10.0 Å². The number of nitrogens with zero attached hydrogens (tertiary/aromatic N) is 1. The van der Waals surface area contributed by atoms with E-state index in [2.05, 4.69) is 9.62 Å². The van der Waals surface area contributed by atoms with Crippen LogP contribution < -0.4 is 14.4 Å². The van der Waals surface area contributed by atoms with E-state index in [4.69, 9.17) is 4.74 Å². The molecule has 1 aliphatic heterocycles. The summed E-state index contributed by atoms with van der Waals surface area (Å²) >= 11 is 0. The molecule has 0 radical (unpaired) electrons. The van der Waals surface area contributed by atoms with Crippen LogP contribution in [-0.2, 0) is 10.0 Å². The maximum Gasteiger partial charge on any atom is 0.240 e. The number of methoxy groups -OCH3 is 1. The molecule has 1 fully saturated rings. The summed E-state index contributed by atoms with van der Waals surface area (Å²) in [6.45, 7) is 3.71. The summed E-state index contributed by atoms with van der Waals surface area (Å²) in [6, 6.07) is 11.3. The predicted molar refractivity (Wildman–Crippen MR) is 99.6 cm³/mol. The number of hydrogen-bond donors (Lipinski definition) is 1. The number of ether oxygens (including phenoxy) is 1. The zero-order valence-corrected chi connectivity index (χ0v) is 15.7. The van der Waals surface area contributed by atoms with E-state index in [0.717, 1.165) is 25.2 Å². The van der Waals surface area contributed by atoms with Crippen LogP contribution in [0.4, 0.5) is 10.1 Å². The number of halogens is 1. The van der Waals surface area contributed by atoms with Gasteiger partial charge in [-0.15, -0.1) is 0 Å². The number of benzene rings is 2. The minimum atomic E-state index is -3.56. The van der Waals surface area contributed by atoms with Gasteiger partial charge in [0.15, 0.2) is 0 Å². The van der Waals surface area contributed by atoms with Crippen molar-refractivity contribution in [2.75, 3.05) is 31.6 Å². The van der Waals surface area contributed by atoms with Gasteiger partial charge in [-0.3, -0.25) is 0 Å². The Labute approximate surface area is 153 Å². The molecule has 0 amide bonds. The van der Waals surface area contributed by atoms with Crippen molar-refractivity contribution < 1.29 is 17.5 Å². The number of anilines is 1. The Hall–Kier alpha value is -2.12. The van der Waals surface area contributed by atoms with Crippen molar-refractivity contribution in [1.29, 1.82) is 0 Å². The van der Waals surface area contributed by atoms with Crippen molar-refractivity contribution in [3.8, 4) is 5.75 Å². The molecule has 26 heavy (non-hydrogen) atoms. The summed E-state index contributed by atoms with van der Waals surface area (Å²) in [5.74, 6) is 0.590. The summed E-state index contributed by atoms with van der Waals surface area (Å²) in [6.07, 6.45) is 0.890. The molecule has 1 N–H and O–H groups in total. The highest BCUT2D eigenvalue weighted by Gasteiger charge is 2.25. The third-order valence-electron chi connectivity index (χ3n) is 4.71. The SMILES string of the molecule is COc1ccc(S(=O)(=O)NCC2CCN(c3ccc(F)cc3)C2)c(C)c1. The first-order valence-electron chi connectivity index (χ1n) is 8.54. The molecule has 1 atom stereocenters. The van der Waals surface area contributed by atoms with Crippen LogP contribution in [-0.4, -0.2) is 35.2 Å². The minimum absolute atomic E-state index is 0.216. The van der Waals surface area contributed by atoms with Crippen LogP contribution in [0.2, 0.25) is 0 Å². The van der Waals surface area contributed by atoms with E-state index in [1.807, 2.05) is 0 Å². The van der Waals surface area contributed by atoms with Crippen LogP contribution in [0.5, 0.6) is 5.75 Å². The smallest absolute Gasteiger partial charge is 0.240 e. The lowest BCUT2D eigenvalue weighted by Gasteiger charge is -2.19. The van der Waals surface area contributed by atoms with Gasteiger partial charge in [0.05, 0.1) is 12.0 Å². The highest BCUT2D eigenvalue weighted by atomic mass is 32.2. The van der Waals surface area contributed by atoms with Gasteiger partial charge in [-0.05, 0) is 67.3 Å². The molecule has 3 rings (SSSR count). The molecular weight excluding hydrogens is 355 g/mol. The van der Waals surface area contributed by atoms with Crippen molar-refractivity contribution in [2.24, 2.45) is 5.92 Å². The zero-order chi connectivity index (χ0) is 18.7. The second kappa shape index (κ2) is 7.63. The van der Waals surface area contributed by atoms with Gasteiger partial charge in [-0.25, -0.2) is 17.5 Å². The minimum Gasteiger partial charge on any atom is -0.497 e. The lowest BCUT2D eigenvalue weighted by molar-refractivity contribution is 0.414. The Kier molecular flexibility index (Phi) is 5.48. The molecule has 2 aromatic carbocycles. The largest absolute Gasteiger partial charge is 0.497 e. The molecule has 1 aliphatic rings. The van der Waals surface area contributed by atoms with E-state index in [9.17, 15) is 12.8 Å². The van der Waals surface area contributed by atoms with Gasteiger partial charge >= 0.3 is 0 Å². The van der Waals surface area contributed by atoms with Gasteiger partial charge in [-0.2, -0.15) is 0 Å². The summed E-state index contributed by atoms with van der Waals surface area (Å²) in [4.78, 5) is 2.42. The fourth-order valence-electron chi connectivity index (χ4n) is 3.24. The van der Waals surface area contributed by atoms with E-state index in [1.54, 1.807) is 44.4 Å². The third-order valence-corrected chi connectivity index (χ3v) is 6.30. The van der Waals surface area contributed by atoms with Crippen LogP contribution in [0.3, 0.4) is 0 Å². The van der Waals surface area contributed by atoms with Crippen LogP contribution >= 0.6 is 0 Å². The van der Waals surface area contributed by atoms with Gasteiger partial charge in [0.25, 0.3) is 0 Å². The van der Waals surface area contributed by atoms with E-state index >= 15 is 0 Å². The van der Waals surface area contributed by atoms with Crippen molar-refractivity contribution >= 4 is 15.7 Å². The van der Waals surface area contributed by atoms with Crippen molar-refractivity contribution in [3.05, 3.63) is 53.8 Å². The average Bonchev–Trinajstić information content (AvgIpc) is 3.09. The van der Waals surface area contributed by atoms with Crippen molar-refractivity contribution in [1.82, 2.24) is 4.72 Å².